The van der Waals surface area contributed by atoms with Crippen LogP contribution in [0.25, 0.3) is 6.08 Å². The van der Waals surface area contributed by atoms with E-state index < -0.39 is 5.97 Å². The number of carbonyl (C=O) groups excluding carboxylic acids is 1. The van der Waals surface area contributed by atoms with Crippen LogP contribution in [0.2, 0.25) is 0 Å². The Kier molecular flexibility index (Phi) is 7.01. The van der Waals surface area contributed by atoms with Crippen molar-refractivity contribution in [1.82, 2.24) is 5.32 Å². The third-order valence-electron chi connectivity index (χ3n) is 2.80. The number of carbonyl (C=O) groups is 2. The first kappa shape index (κ1) is 16.8. The van der Waals surface area contributed by atoms with Gasteiger partial charge in [-0.25, -0.2) is 0 Å². The Morgan fingerprint density at radius 2 is 2.00 bits per heavy atom. The van der Waals surface area contributed by atoms with Gasteiger partial charge in [-0.2, -0.15) is 0 Å². The molecule has 1 unspecified atom stereocenters. The zero-order valence-corrected chi connectivity index (χ0v) is 12.3. The van der Waals surface area contributed by atoms with E-state index >= 15 is 0 Å². The number of aliphatic carboxylic acids is 1. The highest BCUT2D eigenvalue weighted by Gasteiger charge is 2.06. The summed E-state index contributed by atoms with van der Waals surface area (Å²) in [7, 11) is 0. The van der Waals surface area contributed by atoms with Gasteiger partial charge in [-0.15, -0.1) is 0 Å². The van der Waals surface area contributed by atoms with Crippen molar-refractivity contribution in [2.24, 2.45) is 0 Å². The first-order valence-electron chi connectivity index (χ1n) is 6.94. The van der Waals surface area contributed by atoms with Crippen LogP contribution in [-0.2, 0) is 9.59 Å². The normalized spacial score (nSPS) is 12.1. The number of hydrogen-bond donors (Lipinski definition) is 2. The average molecular weight is 291 g/mol. The van der Waals surface area contributed by atoms with E-state index in [1.807, 2.05) is 31.2 Å². The molecule has 114 valence electrons. The molecule has 5 nitrogen and oxygen atoms in total. The molecule has 21 heavy (non-hydrogen) atoms. The van der Waals surface area contributed by atoms with Gasteiger partial charge in [-0.05, 0) is 44.0 Å². The van der Waals surface area contributed by atoms with Gasteiger partial charge in [0.2, 0.25) is 5.91 Å². The molecule has 1 aromatic carbocycles. The highest BCUT2D eigenvalue weighted by atomic mass is 16.5. The van der Waals surface area contributed by atoms with Crippen LogP contribution in [0.1, 0.15) is 32.3 Å². The quantitative estimate of drug-likeness (QED) is 0.721. The van der Waals surface area contributed by atoms with Gasteiger partial charge in [-0.1, -0.05) is 12.1 Å². The molecular weight excluding hydrogens is 270 g/mol. The summed E-state index contributed by atoms with van der Waals surface area (Å²) in [4.78, 5) is 22.1. The number of benzene rings is 1. The molecule has 1 amide bonds. The number of carboxylic acids is 1. The number of amides is 1. The lowest BCUT2D eigenvalue weighted by Gasteiger charge is -2.10. The van der Waals surface area contributed by atoms with E-state index in [4.69, 9.17) is 9.84 Å². The van der Waals surface area contributed by atoms with Crippen molar-refractivity contribution in [3.05, 3.63) is 35.9 Å². The maximum atomic E-state index is 11.7. The molecule has 0 aliphatic carbocycles. The Morgan fingerprint density at radius 1 is 1.33 bits per heavy atom. The molecule has 0 aliphatic heterocycles. The number of ether oxygens (including phenoxy) is 1. The molecule has 1 atom stereocenters. The lowest BCUT2D eigenvalue weighted by atomic mass is 10.1. The van der Waals surface area contributed by atoms with Crippen molar-refractivity contribution in [2.45, 2.75) is 32.7 Å². The highest BCUT2D eigenvalue weighted by molar-refractivity contribution is 5.91. The van der Waals surface area contributed by atoms with Gasteiger partial charge in [0, 0.05) is 18.5 Å². The molecular formula is C16H21NO4. The van der Waals surface area contributed by atoms with Gasteiger partial charge in [-0.3, -0.25) is 9.59 Å². The van der Waals surface area contributed by atoms with Crippen LogP contribution in [0, 0.1) is 0 Å². The van der Waals surface area contributed by atoms with Crippen molar-refractivity contribution in [2.75, 3.05) is 6.61 Å². The topological polar surface area (TPSA) is 75.6 Å². The smallest absolute Gasteiger partial charge is 0.303 e. The van der Waals surface area contributed by atoms with Crippen molar-refractivity contribution in [1.29, 1.82) is 0 Å². The van der Waals surface area contributed by atoms with E-state index in [1.165, 1.54) is 6.08 Å². The molecule has 1 rings (SSSR count). The SMILES string of the molecule is CCOc1ccc(C=CC(=O)NC(C)CCC(=O)O)cc1. The van der Waals surface area contributed by atoms with Crippen molar-refractivity contribution < 1.29 is 19.4 Å². The van der Waals surface area contributed by atoms with E-state index in [0.717, 1.165) is 11.3 Å². The Balaban J connectivity index is 2.44. The first-order chi connectivity index (χ1) is 10.0. The van der Waals surface area contributed by atoms with Gasteiger partial charge in [0.25, 0.3) is 0 Å². The van der Waals surface area contributed by atoms with Gasteiger partial charge in [0.1, 0.15) is 5.75 Å². The van der Waals surface area contributed by atoms with Crippen LogP contribution >= 0.6 is 0 Å². The summed E-state index contributed by atoms with van der Waals surface area (Å²) < 4.78 is 5.33. The van der Waals surface area contributed by atoms with E-state index in [-0.39, 0.29) is 18.4 Å². The zero-order valence-electron chi connectivity index (χ0n) is 12.3. The van der Waals surface area contributed by atoms with E-state index in [0.29, 0.717) is 13.0 Å². The van der Waals surface area contributed by atoms with Crippen molar-refractivity contribution in [3.63, 3.8) is 0 Å². The molecule has 2 N–H and O–H groups in total. The summed E-state index contributed by atoms with van der Waals surface area (Å²) in [6, 6.07) is 7.25. The number of nitrogens with one attached hydrogen (secondary N) is 1. The summed E-state index contributed by atoms with van der Waals surface area (Å²) >= 11 is 0. The summed E-state index contributed by atoms with van der Waals surface area (Å²) in [5, 5.41) is 11.3. The fourth-order valence-electron chi connectivity index (χ4n) is 1.72. The number of rotatable bonds is 8. The second kappa shape index (κ2) is 8.79. The summed E-state index contributed by atoms with van der Waals surface area (Å²) in [5.41, 5.74) is 0.895. The standard InChI is InChI=1S/C16H21NO4/c1-3-21-14-8-5-13(6-9-14)7-10-15(18)17-12(2)4-11-16(19)20/h5-10,12H,3-4,11H2,1-2H3,(H,17,18)(H,19,20). The van der Waals surface area contributed by atoms with Crippen LogP contribution in [0.5, 0.6) is 5.75 Å². The van der Waals surface area contributed by atoms with Gasteiger partial charge < -0.3 is 15.2 Å². The Bertz CT molecular complexity index is 494. The van der Waals surface area contributed by atoms with Crippen LogP contribution in [0.15, 0.2) is 30.3 Å². The van der Waals surface area contributed by atoms with Crippen LogP contribution in [0.3, 0.4) is 0 Å². The molecule has 0 saturated heterocycles. The minimum Gasteiger partial charge on any atom is -0.494 e. The maximum absolute atomic E-state index is 11.7. The highest BCUT2D eigenvalue weighted by Crippen LogP contribution is 2.12. The molecule has 0 aliphatic rings. The van der Waals surface area contributed by atoms with Crippen LogP contribution in [-0.4, -0.2) is 29.6 Å². The molecule has 0 radical (unpaired) electrons. The average Bonchev–Trinajstić information content (AvgIpc) is 2.45. The Morgan fingerprint density at radius 3 is 2.57 bits per heavy atom. The largest absolute Gasteiger partial charge is 0.494 e. The predicted octanol–water partition coefficient (Wildman–Crippen LogP) is 2.47. The zero-order chi connectivity index (χ0) is 15.7. The fraction of sp³-hybridized carbons (Fsp3) is 0.375. The van der Waals surface area contributed by atoms with Crippen molar-refractivity contribution >= 4 is 18.0 Å². The van der Waals surface area contributed by atoms with E-state index in [1.54, 1.807) is 13.0 Å². The Labute approximate surface area is 124 Å². The molecule has 5 heteroatoms. The van der Waals surface area contributed by atoms with Crippen LogP contribution in [0.4, 0.5) is 0 Å². The van der Waals surface area contributed by atoms with Gasteiger partial charge in [0.15, 0.2) is 0 Å². The molecule has 0 saturated carbocycles. The minimum absolute atomic E-state index is 0.0457. The van der Waals surface area contributed by atoms with E-state index in [2.05, 4.69) is 5.32 Å². The monoisotopic (exact) mass is 291 g/mol. The molecule has 0 aromatic heterocycles. The van der Waals surface area contributed by atoms with Gasteiger partial charge in [0.05, 0.1) is 6.61 Å². The molecule has 0 fully saturated rings. The molecule has 0 spiro atoms. The van der Waals surface area contributed by atoms with Crippen LogP contribution < -0.4 is 10.1 Å². The Hall–Kier alpha value is -2.30. The number of hydrogen-bond acceptors (Lipinski definition) is 3. The first-order valence-corrected chi connectivity index (χ1v) is 6.94. The predicted molar refractivity (Wildman–Crippen MR) is 81.1 cm³/mol. The second-order valence-electron chi connectivity index (χ2n) is 4.68. The van der Waals surface area contributed by atoms with E-state index in [9.17, 15) is 9.59 Å². The summed E-state index contributed by atoms with van der Waals surface area (Å²) in [6.07, 6.45) is 3.60. The maximum Gasteiger partial charge on any atom is 0.303 e. The molecule has 0 heterocycles. The molecule has 0 bridgehead atoms. The third kappa shape index (κ3) is 7.15. The fourth-order valence-corrected chi connectivity index (χ4v) is 1.72. The molecule has 1 aromatic rings. The third-order valence-corrected chi connectivity index (χ3v) is 2.80. The number of carboxylic acid groups (broad SMARTS) is 1. The summed E-state index contributed by atoms with van der Waals surface area (Å²) in [5.74, 6) is -0.302. The minimum atomic E-state index is -0.860. The lowest BCUT2D eigenvalue weighted by Crippen LogP contribution is -2.31. The van der Waals surface area contributed by atoms with Gasteiger partial charge >= 0.3 is 5.97 Å². The van der Waals surface area contributed by atoms with Crippen molar-refractivity contribution in [3.8, 4) is 5.75 Å². The lowest BCUT2D eigenvalue weighted by molar-refractivity contribution is -0.137. The second-order valence-corrected chi connectivity index (χ2v) is 4.68. The summed E-state index contributed by atoms with van der Waals surface area (Å²) in [6.45, 7) is 4.32.